The van der Waals surface area contributed by atoms with Crippen LogP contribution in [0.25, 0.3) is 0 Å². The number of benzene rings is 2. The third-order valence-corrected chi connectivity index (χ3v) is 5.28. The van der Waals surface area contributed by atoms with E-state index in [1.165, 1.54) is 5.56 Å². The van der Waals surface area contributed by atoms with E-state index < -0.39 is 0 Å². The van der Waals surface area contributed by atoms with Crippen molar-refractivity contribution >= 4 is 0 Å². The van der Waals surface area contributed by atoms with Crippen molar-refractivity contribution in [2.75, 3.05) is 53.7 Å². The highest BCUT2D eigenvalue weighted by Gasteiger charge is 2.11. The van der Waals surface area contributed by atoms with Gasteiger partial charge in [-0.1, -0.05) is 18.2 Å². The summed E-state index contributed by atoms with van der Waals surface area (Å²) in [5, 5.41) is 0. The minimum absolute atomic E-state index is 0.0227. The standard InChI is InChI=1S/C23H32N2O4/c1-26-22-10-4-18(17-23(22)27-2)3-9-21(24)19-5-7-20(8-6-19)29-16-13-25-11-14-28-15-12-25/h4-8,10,17,21H,3,9,11-16,24H2,1-2H3/t21-/m1/s1. The summed E-state index contributed by atoms with van der Waals surface area (Å²) >= 11 is 0. The molecule has 0 amide bonds. The number of morpholine rings is 1. The van der Waals surface area contributed by atoms with Crippen molar-refractivity contribution in [3.05, 3.63) is 53.6 Å². The van der Waals surface area contributed by atoms with Gasteiger partial charge in [0.1, 0.15) is 12.4 Å². The molecule has 1 saturated heterocycles. The molecule has 0 saturated carbocycles. The van der Waals surface area contributed by atoms with E-state index in [9.17, 15) is 0 Å². The van der Waals surface area contributed by atoms with Crippen LogP contribution in [0.2, 0.25) is 0 Å². The first-order chi connectivity index (χ1) is 14.2. The van der Waals surface area contributed by atoms with E-state index in [2.05, 4.69) is 23.1 Å². The second kappa shape index (κ2) is 11.0. The molecule has 0 unspecified atom stereocenters. The fourth-order valence-corrected chi connectivity index (χ4v) is 3.45. The van der Waals surface area contributed by atoms with Gasteiger partial charge in [0, 0.05) is 25.7 Å². The zero-order valence-corrected chi connectivity index (χ0v) is 17.4. The lowest BCUT2D eigenvalue weighted by molar-refractivity contribution is 0.0322. The van der Waals surface area contributed by atoms with Crippen LogP contribution < -0.4 is 19.9 Å². The van der Waals surface area contributed by atoms with Gasteiger partial charge in [0.15, 0.2) is 11.5 Å². The predicted molar refractivity (Wildman–Crippen MR) is 114 cm³/mol. The quantitative estimate of drug-likeness (QED) is 0.661. The number of hydrogen-bond acceptors (Lipinski definition) is 6. The summed E-state index contributed by atoms with van der Waals surface area (Å²) < 4.78 is 21.9. The fraction of sp³-hybridized carbons (Fsp3) is 0.478. The number of aryl methyl sites for hydroxylation is 1. The minimum atomic E-state index is -0.0227. The van der Waals surface area contributed by atoms with Crippen molar-refractivity contribution in [3.63, 3.8) is 0 Å². The van der Waals surface area contributed by atoms with E-state index in [1.54, 1.807) is 14.2 Å². The van der Waals surface area contributed by atoms with Crippen LogP contribution in [0.15, 0.2) is 42.5 Å². The number of hydrogen-bond donors (Lipinski definition) is 1. The Hall–Kier alpha value is -2.28. The van der Waals surface area contributed by atoms with Gasteiger partial charge in [-0.25, -0.2) is 0 Å². The molecule has 2 aromatic carbocycles. The maximum absolute atomic E-state index is 6.40. The highest BCUT2D eigenvalue weighted by molar-refractivity contribution is 5.43. The molecular formula is C23H32N2O4. The maximum atomic E-state index is 6.40. The van der Waals surface area contributed by atoms with Gasteiger partial charge < -0.3 is 24.7 Å². The van der Waals surface area contributed by atoms with Crippen molar-refractivity contribution in [3.8, 4) is 17.2 Å². The van der Waals surface area contributed by atoms with Gasteiger partial charge >= 0.3 is 0 Å². The smallest absolute Gasteiger partial charge is 0.160 e. The van der Waals surface area contributed by atoms with Crippen LogP contribution in [0.1, 0.15) is 23.6 Å². The molecule has 29 heavy (non-hydrogen) atoms. The monoisotopic (exact) mass is 400 g/mol. The fourth-order valence-electron chi connectivity index (χ4n) is 3.45. The van der Waals surface area contributed by atoms with Crippen molar-refractivity contribution < 1.29 is 18.9 Å². The van der Waals surface area contributed by atoms with Gasteiger partial charge in [-0.2, -0.15) is 0 Å². The first kappa shape index (κ1) is 21.4. The molecule has 2 N–H and O–H groups in total. The molecule has 1 aliphatic rings. The van der Waals surface area contributed by atoms with Crippen LogP contribution in [0.4, 0.5) is 0 Å². The molecular weight excluding hydrogens is 368 g/mol. The highest BCUT2D eigenvalue weighted by atomic mass is 16.5. The van der Waals surface area contributed by atoms with E-state index in [4.69, 9.17) is 24.7 Å². The molecule has 0 aliphatic carbocycles. The first-order valence-corrected chi connectivity index (χ1v) is 10.2. The molecule has 2 aromatic rings. The summed E-state index contributed by atoms with van der Waals surface area (Å²) in [6.45, 7) is 5.21. The molecule has 1 atom stereocenters. The molecule has 0 spiro atoms. The summed E-state index contributed by atoms with van der Waals surface area (Å²) in [5.41, 5.74) is 8.70. The Morgan fingerprint density at radius 1 is 1.00 bits per heavy atom. The van der Waals surface area contributed by atoms with E-state index in [0.717, 1.165) is 68.5 Å². The van der Waals surface area contributed by atoms with Gasteiger partial charge in [-0.15, -0.1) is 0 Å². The first-order valence-electron chi connectivity index (χ1n) is 10.2. The van der Waals surface area contributed by atoms with Crippen molar-refractivity contribution in [2.24, 2.45) is 5.73 Å². The molecule has 1 fully saturated rings. The molecule has 0 aromatic heterocycles. The third kappa shape index (κ3) is 6.35. The molecule has 3 rings (SSSR count). The van der Waals surface area contributed by atoms with Crippen molar-refractivity contribution in [1.82, 2.24) is 4.90 Å². The predicted octanol–water partition coefficient (Wildman–Crippen LogP) is 3.05. The summed E-state index contributed by atoms with van der Waals surface area (Å²) in [6, 6.07) is 14.1. The SMILES string of the molecule is COc1ccc(CC[C@@H](N)c2ccc(OCCN3CCOCC3)cc2)cc1OC. The molecule has 6 heteroatoms. The van der Waals surface area contributed by atoms with E-state index >= 15 is 0 Å². The van der Waals surface area contributed by atoms with Crippen LogP contribution >= 0.6 is 0 Å². The second-order valence-electron chi connectivity index (χ2n) is 7.21. The van der Waals surface area contributed by atoms with Gasteiger partial charge in [-0.3, -0.25) is 4.90 Å². The maximum Gasteiger partial charge on any atom is 0.160 e. The lowest BCUT2D eigenvalue weighted by atomic mass is 9.99. The second-order valence-corrected chi connectivity index (χ2v) is 7.21. The molecule has 158 valence electrons. The number of nitrogens with two attached hydrogens (primary N) is 1. The molecule has 0 bridgehead atoms. The summed E-state index contributed by atoms with van der Waals surface area (Å²) in [7, 11) is 3.29. The summed E-state index contributed by atoms with van der Waals surface area (Å²) in [6.07, 6.45) is 1.73. The Balaban J connectivity index is 1.45. The van der Waals surface area contributed by atoms with Crippen LogP contribution in [0.3, 0.4) is 0 Å². The number of methoxy groups -OCH3 is 2. The topological polar surface area (TPSA) is 66.2 Å². The molecule has 1 aliphatic heterocycles. The lowest BCUT2D eigenvalue weighted by Gasteiger charge is -2.26. The van der Waals surface area contributed by atoms with Crippen LogP contribution in [-0.4, -0.2) is 58.6 Å². The number of ether oxygens (including phenoxy) is 4. The highest BCUT2D eigenvalue weighted by Crippen LogP contribution is 2.29. The van der Waals surface area contributed by atoms with Crippen LogP contribution in [0.5, 0.6) is 17.2 Å². The van der Waals surface area contributed by atoms with E-state index in [-0.39, 0.29) is 6.04 Å². The van der Waals surface area contributed by atoms with Gasteiger partial charge in [-0.05, 0) is 48.2 Å². The van der Waals surface area contributed by atoms with Gasteiger partial charge in [0.2, 0.25) is 0 Å². The Labute approximate surface area is 173 Å². The van der Waals surface area contributed by atoms with Gasteiger partial charge in [0.25, 0.3) is 0 Å². The van der Waals surface area contributed by atoms with Gasteiger partial charge in [0.05, 0.1) is 27.4 Å². The normalized spacial score (nSPS) is 15.7. The molecule has 1 heterocycles. The van der Waals surface area contributed by atoms with Crippen molar-refractivity contribution in [2.45, 2.75) is 18.9 Å². The Morgan fingerprint density at radius 2 is 1.72 bits per heavy atom. The third-order valence-electron chi connectivity index (χ3n) is 5.28. The summed E-state index contributed by atoms with van der Waals surface area (Å²) in [5.74, 6) is 2.37. The Morgan fingerprint density at radius 3 is 2.41 bits per heavy atom. The number of rotatable bonds is 10. The minimum Gasteiger partial charge on any atom is -0.493 e. The average molecular weight is 401 g/mol. The Kier molecular flexibility index (Phi) is 8.16. The molecule has 0 radical (unpaired) electrons. The zero-order chi connectivity index (χ0) is 20.5. The van der Waals surface area contributed by atoms with E-state index in [0.29, 0.717) is 6.61 Å². The Bertz CT molecular complexity index is 745. The van der Waals surface area contributed by atoms with E-state index in [1.807, 2.05) is 24.3 Å². The molecule has 6 nitrogen and oxygen atoms in total. The van der Waals surface area contributed by atoms with Crippen LogP contribution in [-0.2, 0) is 11.2 Å². The van der Waals surface area contributed by atoms with Crippen LogP contribution in [0, 0.1) is 0 Å². The number of nitrogens with zero attached hydrogens (tertiary/aromatic N) is 1. The average Bonchev–Trinajstić information content (AvgIpc) is 2.78. The lowest BCUT2D eigenvalue weighted by Crippen LogP contribution is -2.38. The largest absolute Gasteiger partial charge is 0.493 e. The summed E-state index contributed by atoms with van der Waals surface area (Å²) in [4.78, 5) is 2.36. The zero-order valence-electron chi connectivity index (χ0n) is 17.4. The van der Waals surface area contributed by atoms with Crippen molar-refractivity contribution in [1.29, 1.82) is 0 Å².